The lowest BCUT2D eigenvalue weighted by Gasteiger charge is -2.40. The molecule has 1 N–H and O–H groups in total. The highest BCUT2D eigenvalue weighted by atomic mass is 35.5. The first kappa shape index (κ1) is 16.7. The summed E-state index contributed by atoms with van der Waals surface area (Å²) < 4.78 is 28.8. The molecule has 0 radical (unpaired) electrons. The van der Waals surface area contributed by atoms with Crippen molar-refractivity contribution >= 4 is 28.2 Å². The van der Waals surface area contributed by atoms with Crippen LogP contribution in [0.25, 0.3) is 0 Å². The molecule has 3 unspecified atom stereocenters. The van der Waals surface area contributed by atoms with E-state index in [2.05, 4.69) is 5.32 Å². The van der Waals surface area contributed by atoms with Gasteiger partial charge >= 0.3 is 0 Å². The third kappa shape index (κ3) is 3.39. The fourth-order valence-corrected chi connectivity index (χ4v) is 3.97. The normalized spacial score (nSPS) is 34.4. The fraction of sp³-hybridized carbons (Fsp3) is 0.909. The zero-order valence-corrected chi connectivity index (χ0v) is 12.8. The molecule has 0 aromatic heterocycles. The van der Waals surface area contributed by atoms with Crippen LogP contribution in [0, 0.1) is 0 Å². The summed E-state index contributed by atoms with van der Waals surface area (Å²) in [5.74, 6) is 0.00150. The number of rotatable bonds is 1. The molecular weight excluding hydrogens is 292 g/mol. The summed E-state index contributed by atoms with van der Waals surface area (Å²) >= 11 is 0. The molecule has 0 spiro atoms. The molecule has 112 valence electrons. The third-order valence-corrected chi connectivity index (χ3v) is 6.14. The number of morpholine rings is 1. The van der Waals surface area contributed by atoms with Gasteiger partial charge in [0.1, 0.15) is 6.04 Å². The number of halogens is 1. The lowest BCUT2D eigenvalue weighted by Crippen LogP contribution is -2.60. The van der Waals surface area contributed by atoms with E-state index in [4.69, 9.17) is 4.74 Å². The summed E-state index contributed by atoms with van der Waals surface area (Å²) in [7, 11) is -3.05. The van der Waals surface area contributed by atoms with E-state index in [1.165, 1.54) is 0 Å². The number of nitrogens with one attached hydrogen (secondary N) is 1. The van der Waals surface area contributed by atoms with Crippen LogP contribution in [0.2, 0.25) is 0 Å². The molecule has 1 amide bonds. The maximum atomic E-state index is 12.3. The van der Waals surface area contributed by atoms with Crippen molar-refractivity contribution in [1.82, 2.24) is 10.2 Å². The number of amides is 1. The van der Waals surface area contributed by atoms with E-state index < -0.39 is 15.1 Å². The Morgan fingerprint density at radius 2 is 2.05 bits per heavy atom. The van der Waals surface area contributed by atoms with E-state index >= 15 is 0 Å². The van der Waals surface area contributed by atoms with E-state index in [-0.39, 0.29) is 42.7 Å². The highest BCUT2D eigenvalue weighted by Gasteiger charge is 2.40. The first-order valence-electron chi connectivity index (χ1n) is 6.26. The van der Waals surface area contributed by atoms with Crippen molar-refractivity contribution in [2.45, 2.75) is 31.2 Å². The van der Waals surface area contributed by atoms with E-state index in [1.54, 1.807) is 18.7 Å². The molecule has 6 nitrogen and oxygen atoms in total. The second kappa shape index (κ2) is 6.39. The van der Waals surface area contributed by atoms with Crippen molar-refractivity contribution in [3.8, 4) is 0 Å². The smallest absolute Gasteiger partial charge is 0.242 e. The second-order valence-electron chi connectivity index (χ2n) is 4.93. The predicted molar refractivity (Wildman–Crippen MR) is 74.3 cm³/mol. The number of nitrogens with zero attached hydrogens (tertiary/aromatic N) is 1. The van der Waals surface area contributed by atoms with Crippen molar-refractivity contribution in [3.05, 3.63) is 0 Å². The van der Waals surface area contributed by atoms with Crippen LogP contribution in [-0.4, -0.2) is 68.6 Å². The molecular formula is C11H21ClN2O4S. The van der Waals surface area contributed by atoms with Crippen molar-refractivity contribution in [2.75, 3.05) is 32.1 Å². The Morgan fingerprint density at radius 3 is 2.63 bits per heavy atom. The summed E-state index contributed by atoms with van der Waals surface area (Å²) in [6, 6.07) is -0.616. The van der Waals surface area contributed by atoms with Gasteiger partial charge in [0.2, 0.25) is 5.91 Å². The number of hydrogen-bond donors (Lipinski definition) is 1. The van der Waals surface area contributed by atoms with Gasteiger partial charge < -0.3 is 15.0 Å². The summed E-state index contributed by atoms with van der Waals surface area (Å²) in [6.45, 7) is 5.39. The lowest BCUT2D eigenvalue weighted by molar-refractivity contribution is -0.138. The average molecular weight is 313 g/mol. The number of ether oxygens (including phenoxy) is 1. The lowest BCUT2D eigenvalue weighted by atomic mass is 10.1. The van der Waals surface area contributed by atoms with Crippen LogP contribution in [0.4, 0.5) is 0 Å². The van der Waals surface area contributed by atoms with Crippen LogP contribution in [0.3, 0.4) is 0 Å². The molecule has 8 heteroatoms. The van der Waals surface area contributed by atoms with E-state index in [9.17, 15) is 13.2 Å². The van der Waals surface area contributed by atoms with Crippen molar-refractivity contribution in [1.29, 1.82) is 0 Å². The van der Waals surface area contributed by atoms with Crippen LogP contribution in [0.15, 0.2) is 0 Å². The molecule has 2 heterocycles. The predicted octanol–water partition coefficient (Wildman–Crippen LogP) is -0.569. The van der Waals surface area contributed by atoms with E-state index in [1.807, 2.05) is 0 Å². The van der Waals surface area contributed by atoms with Gasteiger partial charge in [0.05, 0.1) is 24.2 Å². The van der Waals surface area contributed by atoms with Crippen LogP contribution in [0.5, 0.6) is 0 Å². The Hall–Kier alpha value is -0.370. The molecule has 0 saturated carbocycles. The van der Waals surface area contributed by atoms with Gasteiger partial charge in [-0.2, -0.15) is 0 Å². The SMILES string of the molecule is CC1C(C)S(=O)(=O)CCN1C(=O)C1COCCN1.Cl. The molecule has 3 atom stereocenters. The number of carbonyl (C=O) groups is 1. The van der Waals surface area contributed by atoms with Gasteiger partial charge in [-0.05, 0) is 13.8 Å². The van der Waals surface area contributed by atoms with Gasteiger partial charge in [0.15, 0.2) is 9.84 Å². The maximum absolute atomic E-state index is 12.3. The Bertz CT molecular complexity index is 422. The maximum Gasteiger partial charge on any atom is 0.242 e. The zero-order valence-electron chi connectivity index (χ0n) is 11.2. The van der Waals surface area contributed by atoms with Crippen LogP contribution < -0.4 is 5.32 Å². The van der Waals surface area contributed by atoms with Crippen LogP contribution in [-0.2, 0) is 19.4 Å². The average Bonchev–Trinajstić information content (AvgIpc) is 2.37. The van der Waals surface area contributed by atoms with Crippen LogP contribution in [0.1, 0.15) is 13.8 Å². The van der Waals surface area contributed by atoms with Gasteiger partial charge in [0, 0.05) is 19.1 Å². The topological polar surface area (TPSA) is 75.7 Å². The summed E-state index contributed by atoms with van der Waals surface area (Å²) in [6.07, 6.45) is 0. The largest absolute Gasteiger partial charge is 0.378 e. The Kier molecular flexibility index (Phi) is 5.61. The minimum absolute atomic E-state index is 0. The van der Waals surface area contributed by atoms with E-state index in [0.29, 0.717) is 19.8 Å². The minimum atomic E-state index is -3.05. The molecule has 2 aliphatic heterocycles. The Labute approximate surface area is 120 Å². The number of hydrogen-bond acceptors (Lipinski definition) is 5. The van der Waals surface area contributed by atoms with Gasteiger partial charge in [-0.1, -0.05) is 0 Å². The zero-order chi connectivity index (χ0) is 13.3. The molecule has 2 aliphatic rings. The molecule has 19 heavy (non-hydrogen) atoms. The first-order valence-corrected chi connectivity index (χ1v) is 7.98. The molecule has 2 fully saturated rings. The second-order valence-corrected chi connectivity index (χ2v) is 7.40. The molecule has 0 aliphatic carbocycles. The van der Waals surface area contributed by atoms with Gasteiger partial charge in [-0.15, -0.1) is 12.4 Å². The van der Waals surface area contributed by atoms with Gasteiger partial charge in [0.25, 0.3) is 0 Å². The van der Waals surface area contributed by atoms with Crippen molar-refractivity contribution in [3.63, 3.8) is 0 Å². The first-order chi connectivity index (χ1) is 8.43. The Morgan fingerprint density at radius 1 is 1.37 bits per heavy atom. The third-order valence-electron chi connectivity index (χ3n) is 3.86. The molecule has 0 bridgehead atoms. The monoisotopic (exact) mass is 312 g/mol. The van der Waals surface area contributed by atoms with Gasteiger partial charge in [-0.3, -0.25) is 4.79 Å². The summed E-state index contributed by atoms with van der Waals surface area (Å²) in [5, 5.41) is 2.61. The molecule has 2 rings (SSSR count). The standard InChI is InChI=1S/C11H20N2O4S.ClH/c1-8-9(2)18(15,16)6-4-13(8)11(14)10-7-17-5-3-12-10;/h8-10,12H,3-7H2,1-2H3;1H. The molecule has 0 aromatic carbocycles. The number of carbonyl (C=O) groups excluding carboxylic acids is 1. The Balaban J connectivity index is 0.00000180. The molecule has 0 aromatic rings. The fourth-order valence-electron chi connectivity index (χ4n) is 2.40. The van der Waals surface area contributed by atoms with Crippen LogP contribution >= 0.6 is 12.4 Å². The highest BCUT2D eigenvalue weighted by molar-refractivity contribution is 7.92. The summed E-state index contributed by atoms with van der Waals surface area (Å²) in [4.78, 5) is 14.0. The quantitative estimate of drug-likeness (QED) is 0.702. The minimum Gasteiger partial charge on any atom is -0.378 e. The highest BCUT2D eigenvalue weighted by Crippen LogP contribution is 2.20. The van der Waals surface area contributed by atoms with Gasteiger partial charge in [-0.25, -0.2) is 8.42 Å². The van der Waals surface area contributed by atoms with E-state index in [0.717, 1.165) is 0 Å². The van der Waals surface area contributed by atoms with Crippen molar-refractivity contribution in [2.24, 2.45) is 0 Å². The molecule has 2 saturated heterocycles. The summed E-state index contributed by atoms with van der Waals surface area (Å²) in [5.41, 5.74) is 0. The number of sulfone groups is 1. The van der Waals surface area contributed by atoms with Crippen molar-refractivity contribution < 1.29 is 17.9 Å².